The minimum Gasteiger partial charge on any atom is -0.391 e. The van der Waals surface area contributed by atoms with Crippen LogP contribution >= 0.6 is 0 Å². The molecule has 0 amide bonds. The van der Waals surface area contributed by atoms with Crippen molar-refractivity contribution < 1.29 is 9.84 Å². The molecule has 2 N–H and O–H groups in total. The minimum absolute atomic E-state index is 0.199. The van der Waals surface area contributed by atoms with Gasteiger partial charge in [0.2, 0.25) is 0 Å². The fourth-order valence-corrected chi connectivity index (χ4v) is 2.82. The Labute approximate surface area is 128 Å². The molecular formula is C15H30N4O2. The zero-order chi connectivity index (χ0) is 14.9. The highest BCUT2D eigenvalue weighted by Crippen LogP contribution is 2.09. The summed E-state index contributed by atoms with van der Waals surface area (Å²) in [5, 5.41) is 13.0. The number of rotatable bonds is 6. The summed E-state index contributed by atoms with van der Waals surface area (Å²) in [6, 6.07) is 0. The van der Waals surface area contributed by atoms with Crippen molar-refractivity contribution >= 4 is 5.96 Å². The van der Waals surface area contributed by atoms with Crippen LogP contribution in [0.1, 0.15) is 26.2 Å². The van der Waals surface area contributed by atoms with Crippen molar-refractivity contribution in [2.45, 2.75) is 32.3 Å². The van der Waals surface area contributed by atoms with Gasteiger partial charge in [-0.3, -0.25) is 9.89 Å². The smallest absolute Gasteiger partial charge is 0.194 e. The molecule has 2 rings (SSSR count). The summed E-state index contributed by atoms with van der Waals surface area (Å²) in [6.45, 7) is 10.5. The van der Waals surface area contributed by atoms with Crippen LogP contribution in [0.15, 0.2) is 4.99 Å². The molecule has 6 nitrogen and oxygen atoms in total. The first-order chi connectivity index (χ1) is 10.3. The first kappa shape index (κ1) is 16.5. The second kappa shape index (κ2) is 9.23. The Morgan fingerprint density at radius 3 is 2.76 bits per heavy atom. The van der Waals surface area contributed by atoms with E-state index < -0.39 is 0 Å². The molecule has 2 aliphatic heterocycles. The van der Waals surface area contributed by atoms with E-state index in [0.29, 0.717) is 6.54 Å². The van der Waals surface area contributed by atoms with Crippen LogP contribution < -0.4 is 5.32 Å². The summed E-state index contributed by atoms with van der Waals surface area (Å²) in [7, 11) is 0. The molecule has 21 heavy (non-hydrogen) atoms. The Hall–Kier alpha value is -0.850. The van der Waals surface area contributed by atoms with Crippen molar-refractivity contribution in [1.82, 2.24) is 15.1 Å². The molecule has 1 atom stereocenters. The molecule has 6 heteroatoms. The molecule has 0 spiro atoms. The topological polar surface area (TPSA) is 60.3 Å². The van der Waals surface area contributed by atoms with Crippen molar-refractivity contribution in [2.75, 3.05) is 59.0 Å². The Kier molecular flexibility index (Phi) is 7.26. The number of ether oxygens (including phenoxy) is 1. The van der Waals surface area contributed by atoms with Gasteiger partial charge in [-0.25, -0.2) is 0 Å². The van der Waals surface area contributed by atoms with Gasteiger partial charge in [0.1, 0.15) is 0 Å². The summed E-state index contributed by atoms with van der Waals surface area (Å²) in [5.41, 5.74) is 0. The molecule has 0 aromatic carbocycles. The molecule has 0 unspecified atom stereocenters. The number of unbranched alkanes of at least 4 members (excludes halogenated alkanes) is 1. The highest BCUT2D eigenvalue weighted by Gasteiger charge is 2.22. The lowest BCUT2D eigenvalue weighted by molar-refractivity contribution is 0.0373. The molecule has 0 aliphatic carbocycles. The molecular weight excluding hydrogens is 268 g/mol. The monoisotopic (exact) mass is 298 g/mol. The van der Waals surface area contributed by atoms with Gasteiger partial charge in [-0.1, -0.05) is 0 Å². The number of morpholine rings is 1. The van der Waals surface area contributed by atoms with Crippen LogP contribution in [0.5, 0.6) is 0 Å². The first-order valence-corrected chi connectivity index (χ1v) is 8.31. The predicted molar refractivity (Wildman–Crippen MR) is 84.7 cm³/mol. The second-order valence-electron chi connectivity index (χ2n) is 5.79. The van der Waals surface area contributed by atoms with E-state index >= 15 is 0 Å². The van der Waals surface area contributed by atoms with E-state index in [2.05, 4.69) is 27.0 Å². The number of β-amino-alcohol motifs (C(OH)–C–C–N with tert-alkyl or cyclic N) is 1. The van der Waals surface area contributed by atoms with Crippen molar-refractivity contribution in [1.29, 1.82) is 0 Å². The minimum atomic E-state index is -0.199. The molecule has 0 aromatic rings. The van der Waals surface area contributed by atoms with Crippen molar-refractivity contribution in [3.05, 3.63) is 0 Å². The van der Waals surface area contributed by atoms with Gasteiger partial charge in [-0.05, 0) is 32.7 Å². The van der Waals surface area contributed by atoms with Gasteiger partial charge in [-0.15, -0.1) is 0 Å². The average Bonchev–Trinajstić information content (AvgIpc) is 2.93. The van der Waals surface area contributed by atoms with Crippen molar-refractivity contribution in [3.8, 4) is 0 Å². The molecule has 2 aliphatic rings. The Morgan fingerprint density at radius 2 is 2.10 bits per heavy atom. The molecule has 122 valence electrons. The van der Waals surface area contributed by atoms with E-state index in [1.807, 2.05) is 0 Å². The third kappa shape index (κ3) is 5.80. The molecule has 0 radical (unpaired) electrons. The Bertz CT molecular complexity index is 319. The fourth-order valence-electron chi connectivity index (χ4n) is 2.82. The summed E-state index contributed by atoms with van der Waals surface area (Å²) < 4.78 is 5.35. The first-order valence-electron chi connectivity index (χ1n) is 8.31. The van der Waals surface area contributed by atoms with Gasteiger partial charge in [0.25, 0.3) is 0 Å². The maximum absolute atomic E-state index is 9.63. The molecule has 2 saturated heterocycles. The summed E-state index contributed by atoms with van der Waals surface area (Å²) >= 11 is 0. The highest BCUT2D eigenvalue weighted by atomic mass is 16.5. The van der Waals surface area contributed by atoms with Crippen LogP contribution in [0, 0.1) is 0 Å². The molecule has 2 heterocycles. The van der Waals surface area contributed by atoms with Gasteiger partial charge in [0, 0.05) is 39.3 Å². The van der Waals surface area contributed by atoms with Crippen LogP contribution in [0.3, 0.4) is 0 Å². The summed E-state index contributed by atoms with van der Waals surface area (Å²) in [4.78, 5) is 9.32. The van der Waals surface area contributed by atoms with Crippen molar-refractivity contribution in [2.24, 2.45) is 4.99 Å². The number of hydrogen-bond donors (Lipinski definition) is 2. The van der Waals surface area contributed by atoms with E-state index in [9.17, 15) is 5.11 Å². The zero-order valence-corrected chi connectivity index (χ0v) is 13.3. The molecule has 2 fully saturated rings. The lowest BCUT2D eigenvalue weighted by Crippen LogP contribution is -2.40. The third-order valence-electron chi connectivity index (χ3n) is 4.05. The summed E-state index contributed by atoms with van der Waals surface area (Å²) in [6.07, 6.45) is 2.95. The van der Waals surface area contributed by atoms with E-state index in [1.165, 1.54) is 6.42 Å². The average molecular weight is 298 g/mol. The number of likely N-dealkylation sites (tertiary alicyclic amines) is 1. The van der Waals surface area contributed by atoms with E-state index in [-0.39, 0.29) is 6.10 Å². The number of aliphatic hydroxyl groups is 1. The maximum Gasteiger partial charge on any atom is 0.194 e. The van der Waals surface area contributed by atoms with Crippen LogP contribution in [0.4, 0.5) is 0 Å². The van der Waals surface area contributed by atoms with Gasteiger partial charge in [0.05, 0.1) is 19.3 Å². The standard InChI is InChI=1S/C15H30N4O2/c1-2-16-15(19-8-5-14(20)13-19)17-6-3-4-7-18-9-11-21-12-10-18/h14,20H,2-13H2,1H3,(H,16,17)/t14-/m1/s1. The van der Waals surface area contributed by atoms with Gasteiger partial charge in [-0.2, -0.15) is 0 Å². The van der Waals surface area contributed by atoms with Crippen LogP contribution in [-0.4, -0.2) is 86.0 Å². The number of aliphatic hydroxyl groups excluding tert-OH is 1. The molecule has 0 bridgehead atoms. The van der Waals surface area contributed by atoms with Crippen LogP contribution in [-0.2, 0) is 4.74 Å². The number of guanidine groups is 1. The largest absolute Gasteiger partial charge is 0.391 e. The zero-order valence-electron chi connectivity index (χ0n) is 13.3. The lowest BCUT2D eigenvalue weighted by atomic mass is 10.3. The SMILES string of the molecule is CCNC(=NCCCCN1CCOCC1)N1CC[C@@H](O)C1. The van der Waals surface area contributed by atoms with Gasteiger partial charge in [0.15, 0.2) is 5.96 Å². The maximum atomic E-state index is 9.63. The van der Waals surface area contributed by atoms with Crippen molar-refractivity contribution in [3.63, 3.8) is 0 Å². The molecule has 0 aromatic heterocycles. The number of nitrogens with one attached hydrogen (secondary N) is 1. The van der Waals surface area contributed by atoms with Gasteiger partial charge < -0.3 is 20.1 Å². The van der Waals surface area contributed by atoms with E-state index in [0.717, 1.165) is 71.3 Å². The number of hydrogen-bond acceptors (Lipinski definition) is 4. The fraction of sp³-hybridized carbons (Fsp3) is 0.933. The highest BCUT2D eigenvalue weighted by molar-refractivity contribution is 5.80. The Morgan fingerprint density at radius 1 is 1.29 bits per heavy atom. The van der Waals surface area contributed by atoms with E-state index in [4.69, 9.17) is 4.74 Å². The Balaban J connectivity index is 1.65. The number of aliphatic imine (C=N–C) groups is 1. The van der Waals surface area contributed by atoms with E-state index in [1.54, 1.807) is 0 Å². The second-order valence-corrected chi connectivity index (χ2v) is 5.79. The number of nitrogens with zero attached hydrogens (tertiary/aromatic N) is 3. The predicted octanol–water partition coefficient (Wildman–Crippen LogP) is 0.131. The van der Waals surface area contributed by atoms with Gasteiger partial charge >= 0.3 is 0 Å². The normalized spacial score (nSPS) is 24.6. The quantitative estimate of drug-likeness (QED) is 0.415. The summed E-state index contributed by atoms with van der Waals surface area (Å²) in [5.74, 6) is 0.959. The third-order valence-corrected chi connectivity index (χ3v) is 4.05. The van der Waals surface area contributed by atoms with Crippen LogP contribution in [0.25, 0.3) is 0 Å². The molecule has 0 saturated carbocycles. The van der Waals surface area contributed by atoms with Crippen LogP contribution in [0.2, 0.25) is 0 Å². The lowest BCUT2D eigenvalue weighted by Gasteiger charge is -2.26.